The summed E-state index contributed by atoms with van der Waals surface area (Å²) in [4.78, 5) is 8.63. The Bertz CT molecular complexity index is 1340. The van der Waals surface area contributed by atoms with E-state index in [1.165, 1.54) is 0 Å². The molecule has 7 heteroatoms. The van der Waals surface area contributed by atoms with Gasteiger partial charge in [-0.3, -0.25) is 0 Å². The third-order valence-electron chi connectivity index (χ3n) is 4.86. The molecular formula is C26H18HfN2O4. The maximum atomic E-state index is 9.69. The number of fused-ring (bicyclic) bond motifs is 2. The van der Waals surface area contributed by atoms with Crippen molar-refractivity contribution in [3.63, 3.8) is 0 Å². The fraction of sp³-hybridized carbons (Fsp3) is 0. The molecule has 0 saturated heterocycles. The van der Waals surface area contributed by atoms with Gasteiger partial charge in [-0.25, -0.2) is 9.97 Å². The first-order valence-electron chi connectivity index (χ1n) is 9.97. The second-order valence-corrected chi connectivity index (χ2v) is 7.01. The number of benzene rings is 4. The Morgan fingerprint density at radius 1 is 0.485 bits per heavy atom. The minimum Gasteiger partial charge on any atom is -0.507 e. The maximum Gasteiger partial charge on any atom is 0.231 e. The zero-order valence-corrected chi connectivity index (χ0v) is 20.9. The molecule has 0 aliphatic rings. The molecule has 0 saturated carbocycles. The van der Waals surface area contributed by atoms with Crippen molar-refractivity contribution >= 4 is 22.2 Å². The molecule has 0 unspecified atom stereocenters. The van der Waals surface area contributed by atoms with Crippen LogP contribution in [0.3, 0.4) is 0 Å². The Balaban J connectivity index is 0.000000152. The van der Waals surface area contributed by atoms with Gasteiger partial charge in [0.05, 0.1) is 11.1 Å². The number of hydrogen-bond donors (Lipinski definition) is 2. The molecule has 0 aliphatic heterocycles. The van der Waals surface area contributed by atoms with E-state index in [1.807, 2.05) is 60.7 Å². The molecule has 160 valence electrons. The SMILES string of the molecule is Oc1ccccc1-c1nc2ccccc2o1.Oc1ccccc1-c1nc2ccccc2o1.[Hf]. The monoisotopic (exact) mass is 602 g/mol. The number of rotatable bonds is 2. The summed E-state index contributed by atoms with van der Waals surface area (Å²) in [6, 6.07) is 29.0. The molecule has 33 heavy (non-hydrogen) atoms. The third kappa shape index (κ3) is 4.73. The summed E-state index contributed by atoms with van der Waals surface area (Å²) in [7, 11) is 0. The molecule has 2 aromatic heterocycles. The van der Waals surface area contributed by atoms with Crippen LogP contribution in [0.4, 0.5) is 0 Å². The summed E-state index contributed by atoms with van der Waals surface area (Å²) < 4.78 is 11.1. The summed E-state index contributed by atoms with van der Waals surface area (Å²) in [6.45, 7) is 0. The van der Waals surface area contributed by atoms with Crippen LogP contribution in [0.25, 0.3) is 45.1 Å². The van der Waals surface area contributed by atoms with Crippen LogP contribution in [0, 0.1) is 0 Å². The molecule has 0 amide bonds. The molecular weight excluding hydrogens is 583 g/mol. The molecule has 0 aliphatic carbocycles. The van der Waals surface area contributed by atoms with Gasteiger partial charge in [-0.15, -0.1) is 0 Å². The molecule has 6 aromatic rings. The fourth-order valence-corrected chi connectivity index (χ4v) is 3.28. The van der Waals surface area contributed by atoms with Gasteiger partial charge < -0.3 is 19.0 Å². The molecule has 0 spiro atoms. The van der Waals surface area contributed by atoms with Crippen LogP contribution in [-0.2, 0) is 25.8 Å². The van der Waals surface area contributed by atoms with Gasteiger partial charge in [-0.05, 0) is 48.5 Å². The van der Waals surface area contributed by atoms with E-state index in [2.05, 4.69) is 9.97 Å². The second-order valence-electron chi connectivity index (χ2n) is 7.01. The van der Waals surface area contributed by atoms with E-state index >= 15 is 0 Å². The molecule has 6 nitrogen and oxygen atoms in total. The van der Waals surface area contributed by atoms with Crippen molar-refractivity contribution in [2.45, 2.75) is 0 Å². The topological polar surface area (TPSA) is 92.5 Å². The van der Waals surface area contributed by atoms with Crippen molar-refractivity contribution in [1.82, 2.24) is 9.97 Å². The summed E-state index contributed by atoms with van der Waals surface area (Å²) in [5.41, 5.74) is 4.25. The normalized spacial score (nSPS) is 10.4. The van der Waals surface area contributed by atoms with Gasteiger partial charge in [0.25, 0.3) is 0 Å². The molecule has 0 bridgehead atoms. The van der Waals surface area contributed by atoms with Crippen molar-refractivity contribution in [2.24, 2.45) is 0 Å². The fourth-order valence-electron chi connectivity index (χ4n) is 3.28. The molecule has 4 aromatic carbocycles. The first-order chi connectivity index (χ1) is 15.7. The van der Waals surface area contributed by atoms with Crippen LogP contribution in [0.2, 0.25) is 0 Å². The number of aromatic nitrogens is 2. The van der Waals surface area contributed by atoms with Crippen molar-refractivity contribution in [1.29, 1.82) is 0 Å². The predicted octanol–water partition coefficient (Wildman–Crippen LogP) is 6.40. The molecule has 6 rings (SSSR count). The number of oxazole rings is 2. The van der Waals surface area contributed by atoms with Crippen molar-refractivity contribution in [3.05, 3.63) is 97.1 Å². The number of phenolic OH excluding ortho intramolecular Hbond substituents is 2. The van der Waals surface area contributed by atoms with Crippen LogP contribution in [0.1, 0.15) is 0 Å². The Kier molecular flexibility index (Phi) is 6.70. The average molecular weight is 601 g/mol. The minimum atomic E-state index is 0. The summed E-state index contributed by atoms with van der Waals surface area (Å²) >= 11 is 0. The standard InChI is InChI=1S/2C13H9NO2.Hf/c2*15-11-7-3-1-5-9(11)13-14-10-6-2-4-8-12(10)16-13;/h2*1-8,15H;. The van der Waals surface area contributed by atoms with Crippen molar-refractivity contribution < 1.29 is 44.9 Å². The first-order valence-corrected chi connectivity index (χ1v) is 9.97. The summed E-state index contributed by atoms with van der Waals surface area (Å²) in [6.07, 6.45) is 0. The first kappa shape index (κ1) is 22.5. The van der Waals surface area contributed by atoms with Gasteiger partial charge >= 0.3 is 0 Å². The zero-order valence-electron chi connectivity index (χ0n) is 17.3. The number of hydrogen-bond acceptors (Lipinski definition) is 6. The van der Waals surface area contributed by atoms with Crippen LogP contribution in [-0.4, -0.2) is 20.2 Å². The van der Waals surface area contributed by atoms with E-state index in [4.69, 9.17) is 8.83 Å². The molecule has 0 radical (unpaired) electrons. The number of nitrogens with zero attached hydrogens (tertiary/aromatic N) is 2. The van der Waals surface area contributed by atoms with E-state index in [1.54, 1.807) is 36.4 Å². The Morgan fingerprint density at radius 3 is 1.24 bits per heavy atom. The Labute approximate surface area is 207 Å². The van der Waals surface area contributed by atoms with Gasteiger partial charge in [0.1, 0.15) is 22.5 Å². The summed E-state index contributed by atoms with van der Waals surface area (Å²) in [5, 5.41) is 19.4. The number of aromatic hydroxyl groups is 2. The van der Waals surface area contributed by atoms with E-state index in [0.29, 0.717) is 22.9 Å². The van der Waals surface area contributed by atoms with E-state index in [-0.39, 0.29) is 37.3 Å². The van der Waals surface area contributed by atoms with E-state index in [0.717, 1.165) is 22.2 Å². The average Bonchev–Trinajstić information content (AvgIpc) is 3.44. The molecule has 0 fully saturated rings. The van der Waals surface area contributed by atoms with Crippen molar-refractivity contribution in [2.75, 3.05) is 0 Å². The van der Waals surface area contributed by atoms with Gasteiger partial charge in [-0.1, -0.05) is 48.5 Å². The Morgan fingerprint density at radius 2 is 0.848 bits per heavy atom. The van der Waals surface area contributed by atoms with Crippen LogP contribution in [0.5, 0.6) is 11.5 Å². The van der Waals surface area contributed by atoms with Crippen LogP contribution in [0.15, 0.2) is 106 Å². The van der Waals surface area contributed by atoms with Gasteiger partial charge in [-0.2, -0.15) is 0 Å². The minimum absolute atomic E-state index is 0. The summed E-state index contributed by atoms with van der Waals surface area (Å²) in [5.74, 6) is 1.24. The maximum absolute atomic E-state index is 9.69. The zero-order chi connectivity index (χ0) is 21.9. The molecule has 2 heterocycles. The smallest absolute Gasteiger partial charge is 0.231 e. The van der Waals surface area contributed by atoms with Gasteiger partial charge in [0.15, 0.2) is 11.2 Å². The van der Waals surface area contributed by atoms with Gasteiger partial charge in [0, 0.05) is 25.8 Å². The van der Waals surface area contributed by atoms with Crippen LogP contribution < -0.4 is 0 Å². The van der Waals surface area contributed by atoms with Gasteiger partial charge in [0.2, 0.25) is 11.8 Å². The van der Waals surface area contributed by atoms with E-state index in [9.17, 15) is 10.2 Å². The quantitative estimate of drug-likeness (QED) is 0.224. The Hall–Kier alpha value is -3.71. The molecule has 2 N–H and O–H groups in total. The predicted molar refractivity (Wildman–Crippen MR) is 122 cm³/mol. The third-order valence-corrected chi connectivity index (χ3v) is 4.86. The van der Waals surface area contributed by atoms with Crippen LogP contribution >= 0.6 is 0 Å². The number of phenols is 2. The molecule has 0 atom stereocenters. The van der Waals surface area contributed by atoms with E-state index < -0.39 is 0 Å². The van der Waals surface area contributed by atoms with Crippen molar-refractivity contribution in [3.8, 4) is 34.4 Å². The largest absolute Gasteiger partial charge is 0.507 e. The second kappa shape index (κ2) is 9.83. The number of para-hydroxylation sites is 6.